The first-order valence-electron chi connectivity index (χ1n) is 7.13. The molecule has 24 heavy (non-hydrogen) atoms. The number of benzene rings is 1. The molecule has 0 spiro atoms. The zero-order chi connectivity index (χ0) is 18.0. The highest BCUT2D eigenvalue weighted by Gasteiger charge is 2.40. The van der Waals surface area contributed by atoms with Gasteiger partial charge < -0.3 is 9.47 Å². The van der Waals surface area contributed by atoms with Crippen molar-refractivity contribution in [2.75, 3.05) is 32.3 Å². The van der Waals surface area contributed by atoms with E-state index in [0.717, 1.165) is 11.4 Å². The average Bonchev–Trinajstić information content (AvgIpc) is 2.91. The van der Waals surface area contributed by atoms with Gasteiger partial charge in [0.25, 0.3) is 0 Å². The van der Waals surface area contributed by atoms with Crippen molar-refractivity contribution in [2.45, 2.75) is 17.4 Å². The number of ether oxygens (including phenoxy) is 2. The number of hydrogen-bond acceptors (Lipinski definition) is 7. The minimum atomic E-state index is -4.05. The number of carbonyl (C=O) groups excluding carboxylic acids is 1. The maximum Gasteiger partial charge on any atom is 0.321 e. The first-order chi connectivity index (χ1) is 11.2. The van der Waals surface area contributed by atoms with Crippen molar-refractivity contribution >= 4 is 25.8 Å². The van der Waals surface area contributed by atoms with Gasteiger partial charge in [-0.15, -0.1) is 0 Å². The number of sulfonamides is 1. The van der Waals surface area contributed by atoms with Gasteiger partial charge in [-0.1, -0.05) is 0 Å². The molecule has 1 aliphatic rings. The van der Waals surface area contributed by atoms with Crippen molar-refractivity contribution < 1.29 is 31.1 Å². The maximum absolute atomic E-state index is 12.9. The molecule has 134 valence electrons. The summed E-state index contributed by atoms with van der Waals surface area (Å²) in [5.74, 6) is -0.680. The Morgan fingerprint density at radius 1 is 1.25 bits per heavy atom. The van der Waals surface area contributed by atoms with E-state index in [9.17, 15) is 21.6 Å². The van der Waals surface area contributed by atoms with Gasteiger partial charge in [-0.3, -0.25) is 4.79 Å². The zero-order valence-electron chi connectivity index (χ0n) is 13.3. The van der Waals surface area contributed by atoms with Crippen LogP contribution in [0.4, 0.5) is 0 Å². The number of hydrogen-bond donors (Lipinski definition) is 0. The van der Waals surface area contributed by atoms with Crippen LogP contribution in [0.15, 0.2) is 29.2 Å². The highest BCUT2D eigenvalue weighted by Crippen LogP contribution is 2.26. The number of esters is 1. The third kappa shape index (κ3) is 4.05. The number of carbonyl (C=O) groups is 1. The maximum atomic E-state index is 12.9. The summed E-state index contributed by atoms with van der Waals surface area (Å²) < 4.78 is 59.6. The van der Waals surface area contributed by atoms with E-state index in [1.807, 2.05) is 0 Å². The van der Waals surface area contributed by atoms with Crippen molar-refractivity contribution in [1.29, 1.82) is 0 Å². The minimum Gasteiger partial charge on any atom is -0.497 e. The van der Waals surface area contributed by atoms with Crippen LogP contribution >= 0.6 is 0 Å². The number of rotatable bonds is 6. The van der Waals surface area contributed by atoms with Crippen LogP contribution in [0.3, 0.4) is 0 Å². The lowest BCUT2D eigenvalue weighted by molar-refractivity contribution is -0.141. The van der Waals surface area contributed by atoms with Gasteiger partial charge in [0.2, 0.25) is 10.0 Å². The van der Waals surface area contributed by atoms with Crippen LogP contribution < -0.4 is 4.74 Å². The molecule has 0 saturated carbocycles. The second-order valence-electron chi connectivity index (χ2n) is 5.36. The Morgan fingerprint density at radius 3 is 2.33 bits per heavy atom. The predicted octanol–water partition coefficient (Wildman–Crippen LogP) is 0.0460. The van der Waals surface area contributed by atoms with Crippen molar-refractivity contribution in [3.63, 3.8) is 0 Å². The Bertz CT molecular complexity index is 800. The third-order valence-electron chi connectivity index (χ3n) is 3.79. The lowest BCUT2D eigenvalue weighted by Crippen LogP contribution is -2.44. The van der Waals surface area contributed by atoms with E-state index in [2.05, 4.69) is 4.74 Å². The summed E-state index contributed by atoms with van der Waals surface area (Å²) in [6.07, 6.45) is 0.148. The molecule has 0 bridgehead atoms. The third-order valence-corrected chi connectivity index (χ3v) is 7.46. The van der Waals surface area contributed by atoms with Gasteiger partial charge in [0.05, 0.1) is 30.6 Å². The van der Waals surface area contributed by atoms with E-state index in [-0.39, 0.29) is 22.8 Å². The van der Waals surface area contributed by atoms with Gasteiger partial charge in [-0.25, -0.2) is 16.8 Å². The lowest BCUT2D eigenvalue weighted by atomic mass is 10.2. The Balaban J connectivity index is 2.38. The molecule has 1 aromatic rings. The van der Waals surface area contributed by atoms with Crippen molar-refractivity contribution in [3.8, 4) is 5.75 Å². The standard InChI is InChI=1S/C14H19NO7S2/c1-21-12-3-5-13(6-4-12)24(19,20)15(9-14(16)22-2)11-7-8-23(17,18)10-11/h3-6,11H,7-10H2,1-2H3/t11-/m1/s1. The van der Waals surface area contributed by atoms with Crippen LogP contribution in [0.1, 0.15) is 6.42 Å². The summed E-state index contributed by atoms with van der Waals surface area (Å²) in [6, 6.07) is 4.87. The predicted molar refractivity (Wildman–Crippen MR) is 86.0 cm³/mol. The van der Waals surface area contributed by atoms with E-state index in [0.29, 0.717) is 5.75 Å². The van der Waals surface area contributed by atoms with Gasteiger partial charge in [-0.05, 0) is 30.7 Å². The molecular formula is C14H19NO7S2. The molecule has 0 aliphatic carbocycles. The Hall–Kier alpha value is -1.65. The summed E-state index contributed by atoms with van der Waals surface area (Å²) in [5.41, 5.74) is 0. The van der Waals surface area contributed by atoms with Gasteiger partial charge in [0, 0.05) is 6.04 Å². The van der Waals surface area contributed by atoms with E-state index in [4.69, 9.17) is 4.74 Å². The van der Waals surface area contributed by atoms with Crippen LogP contribution in [0.25, 0.3) is 0 Å². The van der Waals surface area contributed by atoms with Gasteiger partial charge in [-0.2, -0.15) is 4.31 Å². The molecule has 0 aromatic heterocycles. The summed E-state index contributed by atoms with van der Waals surface area (Å²) in [7, 11) is -4.77. The molecular weight excluding hydrogens is 358 g/mol. The Morgan fingerprint density at radius 2 is 1.88 bits per heavy atom. The van der Waals surface area contributed by atoms with E-state index < -0.39 is 38.4 Å². The number of sulfone groups is 1. The number of methoxy groups -OCH3 is 2. The topological polar surface area (TPSA) is 107 Å². The molecule has 0 N–H and O–H groups in total. The SMILES string of the molecule is COC(=O)CN([C@@H]1CCS(=O)(=O)C1)S(=O)(=O)c1ccc(OC)cc1. The van der Waals surface area contributed by atoms with Crippen LogP contribution in [0, 0.1) is 0 Å². The average molecular weight is 377 g/mol. The summed E-state index contributed by atoms with van der Waals surface area (Å²) in [5, 5.41) is 0. The fourth-order valence-corrected chi connectivity index (χ4v) is 5.91. The molecule has 0 amide bonds. The van der Waals surface area contributed by atoms with E-state index >= 15 is 0 Å². The molecule has 1 aliphatic heterocycles. The van der Waals surface area contributed by atoms with Crippen LogP contribution in [-0.2, 0) is 29.4 Å². The lowest BCUT2D eigenvalue weighted by Gasteiger charge is -2.26. The molecule has 1 heterocycles. The summed E-state index contributed by atoms with van der Waals surface area (Å²) in [4.78, 5) is 11.6. The number of nitrogens with zero attached hydrogens (tertiary/aromatic N) is 1. The largest absolute Gasteiger partial charge is 0.497 e. The fraction of sp³-hybridized carbons (Fsp3) is 0.500. The molecule has 0 radical (unpaired) electrons. The van der Waals surface area contributed by atoms with Crippen molar-refractivity contribution in [3.05, 3.63) is 24.3 Å². The van der Waals surface area contributed by atoms with Crippen molar-refractivity contribution in [2.24, 2.45) is 0 Å². The molecule has 1 saturated heterocycles. The van der Waals surface area contributed by atoms with Crippen LogP contribution in [0.5, 0.6) is 5.75 Å². The molecule has 8 nitrogen and oxygen atoms in total. The molecule has 1 fully saturated rings. The van der Waals surface area contributed by atoms with E-state index in [1.54, 1.807) is 0 Å². The van der Waals surface area contributed by atoms with Crippen molar-refractivity contribution in [1.82, 2.24) is 4.31 Å². The van der Waals surface area contributed by atoms with Gasteiger partial charge in [0.15, 0.2) is 9.84 Å². The summed E-state index contributed by atoms with van der Waals surface area (Å²) >= 11 is 0. The monoisotopic (exact) mass is 377 g/mol. The quantitative estimate of drug-likeness (QED) is 0.645. The summed E-state index contributed by atoms with van der Waals surface area (Å²) in [6.45, 7) is -0.537. The van der Waals surface area contributed by atoms with Gasteiger partial charge >= 0.3 is 5.97 Å². The Kier molecular flexibility index (Phi) is 5.51. The fourth-order valence-electron chi connectivity index (χ4n) is 2.49. The molecule has 1 aromatic carbocycles. The first-order valence-corrected chi connectivity index (χ1v) is 10.4. The molecule has 0 unspecified atom stereocenters. The highest BCUT2D eigenvalue weighted by atomic mass is 32.2. The normalized spacial score (nSPS) is 20.0. The first kappa shape index (κ1) is 18.7. The zero-order valence-corrected chi connectivity index (χ0v) is 15.0. The minimum absolute atomic E-state index is 0.0449. The second kappa shape index (κ2) is 7.08. The van der Waals surface area contributed by atoms with Gasteiger partial charge in [0.1, 0.15) is 12.3 Å². The van der Waals surface area contributed by atoms with E-state index in [1.165, 1.54) is 31.4 Å². The smallest absolute Gasteiger partial charge is 0.321 e. The Labute approximate surface area is 141 Å². The molecule has 2 rings (SSSR count). The van der Waals surface area contributed by atoms with Crippen LogP contribution in [-0.4, -0.2) is 65.4 Å². The second-order valence-corrected chi connectivity index (χ2v) is 9.48. The van der Waals surface area contributed by atoms with Crippen LogP contribution in [0.2, 0.25) is 0 Å². The molecule has 1 atom stereocenters. The molecule has 10 heteroatoms. The highest BCUT2D eigenvalue weighted by molar-refractivity contribution is 7.92.